The van der Waals surface area contributed by atoms with Crippen LogP contribution in [-0.4, -0.2) is 6.61 Å². The predicted octanol–water partition coefficient (Wildman–Crippen LogP) is 3.55. The molecule has 0 spiro atoms. The van der Waals surface area contributed by atoms with Gasteiger partial charge in [-0.25, -0.2) is 0 Å². The van der Waals surface area contributed by atoms with Crippen molar-refractivity contribution in [1.82, 2.24) is 0 Å². The third-order valence-electron chi connectivity index (χ3n) is 1.62. The minimum absolute atomic E-state index is 0.780. The van der Waals surface area contributed by atoms with Crippen molar-refractivity contribution in [3.63, 3.8) is 0 Å². The van der Waals surface area contributed by atoms with Crippen molar-refractivity contribution in [2.24, 2.45) is 0 Å². The van der Waals surface area contributed by atoms with Crippen molar-refractivity contribution in [1.29, 1.82) is 0 Å². The van der Waals surface area contributed by atoms with Gasteiger partial charge in [0.2, 0.25) is 0 Å². The summed E-state index contributed by atoms with van der Waals surface area (Å²) in [4.78, 5) is 0. The zero-order valence-electron chi connectivity index (χ0n) is 7.43. The van der Waals surface area contributed by atoms with Crippen LogP contribution in [0.1, 0.15) is 18.9 Å². The number of hydrogen-bond donors (Lipinski definition) is 0. The molecule has 0 saturated carbocycles. The topological polar surface area (TPSA) is 9.23 Å². The van der Waals surface area contributed by atoms with Gasteiger partial charge in [0.05, 0.1) is 11.1 Å². The normalized spacial score (nSPS) is 9.92. The maximum Gasteiger partial charge on any atom is 0.133 e. The molecule has 0 saturated heterocycles. The van der Waals surface area contributed by atoms with Gasteiger partial charge in [0.1, 0.15) is 5.75 Å². The Morgan fingerprint density at radius 3 is 2.83 bits per heavy atom. The molecule has 1 nitrogen and oxygen atoms in total. The van der Waals surface area contributed by atoms with Gasteiger partial charge in [-0.3, -0.25) is 0 Å². The molecule has 0 aliphatic heterocycles. The third-order valence-corrected chi connectivity index (χ3v) is 2.63. The summed E-state index contributed by atoms with van der Waals surface area (Å²) in [6, 6.07) is 6.04. The Balaban J connectivity index is 2.78. The van der Waals surface area contributed by atoms with Crippen LogP contribution >= 0.6 is 15.9 Å². The van der Waals surface area contributed by atoms with E-state index in [-0.39, 0.29) is 0 Å². The number of rotatable bonds is 3. The van der Waals surface area contributed by atoms with Crippen molar-refractivity contribution in [2.45, 2.75) is 20.3 Å². The Labute approximate surface area is 81.9 Å². The fourth-order valence-corrected chi connectivity index (χ4v) is 1.32. The highest BCUT2D eigenvalue weighted by Crippen LogP contribution is 2.27. The molecule has 1 aromatic carbocycles. The first-order valence-electron chi connectivity index (χ1n) is 4.13. The van der Waals surface area contributed by atoms with Crippen LogP contribution in [-0.2, 0) is 0 Å². The molecule has 1 aromatic rings. The van der Waals surface area contributed by atoms with Gasteiger partial charge in [0.15, 0.2) is 0 Å². The molecule has 0 aliphatic carbocycles. The molecule has 0 radical (unpaired) electrons. The highest BCUT2D eigenvalue weighted by molar-refractivity contribution is 9.10. The number of aryl methyl sites for hydroxylation is 1. The average Bonchev–Trinajstić information content (AvgIpc) is 2.08. The van der Waals surface area contributed by atoms with E-state index in [1.165, 1.54) is 5.56 Å². The lowest BCUT2D eigenvalue weighted by Gasteiger charge is -2.07. The summed E-state index contributed by atoms with van der Waals surface area (Å²) in [7, 11) is 0. The summed E-state index contributed by atoms with van der Waals surface area (Å²) < 4.78 is 6.59. The molecule has 0 amide bonds. The van der Waals surface area contributed by atoms with E-state index in [1.807, 2.05) is 12.1 Å². The van der Waals surface area contributed by atoms with E-state index in [9.17, 15) is 0 Å². The predicted molar refractivity (Wildman–Crippen MR) is 54.7 cm³/mol. The summed E-state index contributed by atoms with van der Waals surface area (Å²) in [6.45, 7) is 4.94. The largest absolute Gasteiger partial charge is 0.492 e. The van der Waals surface area contributed by atoms with Gasteiger partial charge in [-0.1, -0.05) is 19.1 Å². The van der Waals surface area contributed by atoms with Gasteiger partial charge in [0, 0.05) is 0 Å². The molecule has 1 rings (SSSR count). The number of hydrogen-bond acceptors (Lipinski definition) is 1. The molecule has 0 unspecified atom stereocenters. The van der Waals surface area contributed by atoms with Crippen LogP contribution in [0.5, 0.6) is 5.75 Å². The summed E-state index contributed by atoms with van der Waals surface area (Å²) in [6.07, 6.45) is 1.04. The lowest BCUT2D eigenvalue weighted by atomic mass is 10.2. The zero-order valence-corrected chi connectivity index (χ0v) is 9.02. The first-order chi connectivity index (χ1) is 5.75. The van der Waals surface area contributed by atoms with Crippen LogP contribution in [0.2, 0.25) is 0 Å². The standard InChI is InChI=1S/C10H13BrO/c1-3-7-12-9-6-4-5-8(2)10(9)11/h4-6H,3,7H2,1-2H3. The van der Waals surface area contributed by atoms with E-state index in [0.717, 1.165) is 23.2 Å². The second-order valence-electron chi connectivity index (χ2n) is 2.74. The Hall–Kier alpha value is -0.500. The highest BCUT2D eigenvalue weighted by atomic mass is 79.9. The van der Waals surface area contributed by atoms with Crippen molar-refractivity contribution in [3.8, 4) is 5.75 Å². The summed E-state index contributed by atoms with van der Waals surface area (Å²) in [5.74, 6) is 0.942. The quantitative estimate of drug-likeness (QED) is 0.770. The molecular formula is C10H13BrO. The SMILES string of the molecule is CCCOc1cccc(C)c1Br. The van der Waals surface area contributed by atoms with Gasteiger partial charge >= 0.3 is 0 Å². The Kier molecular flexibility index (Phi) is 3.60. The summed E-state index contributed by atoms with van der Waals surface area (Å²) >= 11 is 3.49. The van der Waals surface area contributed by atoms with Gasteiger partial charge in [-0.15, -0.1) is 0 Å². The zero-order chi connectivity index (χ0) is 8.97. The van der Waals surface area contributed by atoms with Gasteiger partial charge in [0.25, 0.3) is 0 Å². The van der Waals surface area contributed by atoms with Crippen molar-refractivity contribution in [3.05, 3.63) is 28.2 Å². The average molecular weight is 229 g/mol. The molecular weight excluding hydrogens is 216 g/mol. The maximum absolute atomic E-state index is 5.52. The van der Waals surface area contributed by atoms with Crippen LogP contribution < -0.4 is 4.74 Å². The van der Waals surface area contributed by atoms with Crippen LogP contribution in [0.4, 0.5) is 0 Å². The fourth-order valence-electron chi connectivity index (χ4n) is 0.944. The highest BCUT2D eigenvalue weighted by Gasteiger charge is 2.01. The van der Waals surface area contributed by atoms with E-state index < -0.39 is 0 Å². The van der Waals surface area contributed by atoms with E-state index in [2.05, 4.69) is 35.8 Å². The molecule has 0 heterocycles. The molecule has 0 fully saturated rings. The van der Waals surface area contributed by atoms with Crippen LogP contribution in [0.15, 0.2) is 22.7 Å². The van der Waals surface area contributed by atoms with Crippen LogP contribution in [0.3, 0.4) is 0 Å². The fraction of sp³-hybridized carbons (Fsp3) is 0.400. The monoisotopic (exact) mass is 228 g/mol. The Morgan fingerprint density at radius 2 is 2.17 bits per heavy atom. The molecule has 0 bridgehead atoms. The molecule has 0 atom stereocenters. The second-order valence-corrected chi connectivity index (χ2v) is 3.53. The van der Waals surface area contributed by atoms with E-state index >= 15 is 0 Å². The Bertz CT molecular complexity index is 258. The minimum atomic E-state index is 0.780. The van der Waals surface area contributed by atoms with Crippen LogP contribution in [0.25, 0.3) is 0 Å². The maximum atomic E-state index is 5.52. The molecule has 0 aromatic heterocycles. The molecule has 2 heteroatoms. The number of ether oxygens (including phenoxy) is 1. The van der Waals surface area contributed by atoms with E-state index in [4.69, 9.17) is 4.74 Å². The number of halogens is 1. The minimum Gasteiger partial charge on any atom is -0.492 e. The van der Waals surface area contributed by atoms with E-state index in [1.54, 1.807) is 0 Å². The lowest BCUT2D eigenvalue weighted by Crippen LogP contribution is -1.96. The first kappa shape index (κ1) is 9.59. The molecule has 12 heavy (non-hydrogen) atoms. The van der Waals surface area contributed by atoms with Crippen molar-refractivity contribution < 1.29 is 4.74 Å². The molecule has 0 N–H and O–H groups in total. The smallest absolute Gasteiger partial charge is 0.133 e. The summed E-state index contributed by atoms with van der Waals surface area (Å²) in [5.41, 5.74) is 1.21. The lowest BCUT2D eigenvalue weighted by molar-refractivity contribution is 0.315. The molecule has 66 valence electrons. The van der Waals surface area contributed by atoms with Crippen molar-refractivity contribution >= 4 is 15.9 Å². The van der Waals surface area contributed by atoms with E-state index in [0.29, 0.717) is 0 Å². The third kappa shape index (κ3) is 2.24. The number of benzene rings is 1. The summed E-state index contributed by atoms with van der Waals surface area (Å²) in [5, 5.41) is 0. The van der Waals surface area contributed by atoms with Crippen molar-refractivity contribution in [2.75, 3.05) is 6.61 Å². The van der Waals surface area contributed by atoms with Crippen LogP contribution in [0, 0.1) is 6.92 Å². The van der Waals surface area contributed by atoms with Gasteiger partial charge in [-0.2, -0.15) is 0 Å². The first-order valence-corrected chi connectivity index (χ1v) is 4.93. The van der Waals surface area contributed by atoms with Gasteiger partial charge < -0.3 is 4.74 Å². The van der Waals surface area contributed by atoms with Gasteiger partial charge in [-0.05, 0) is 40.9 Å². The Morgan fingerprint density at radius 1 is 1.42 bits per heavy atom. The second kappa shape index (κ2) is 4.51. The molecule has 0 aliphatic rings.